The number of nitrogens with two attached hydrogens (primary N) is 1. The third-order valence-electron chi connectivity index (χ3n) is 2.78. The van der Waals surface area contributed by atoms with E-state index in [2.05, 4.69) is 26.0 Å². The molecular weight excluding hydrogens is 374 g/mol. The monoisotopic (exact) mass is 393 g/mol. The molecule has 0 aromatic heterocycles. The lowest BCUT2D eigenvalue weighted by Crippen LogP contribution is -2.35. The molecule has 0 heterocycles. The molecule has 22 heavy (non-hydrogen) atoms. The van der Waals surface area contributed by atoms with Gasteiger partial charge in [0.25, 0.3) is 0 Å². The predicted molar refractivity (Wildman–Crippen MR) is 90.2 cm³/mol. The van der Waals surface area contributed by atoms with E-state index in [9.17, 15) is 13.2 Å². The molecule has 0 atom stereocenters. The second-order valence-electron chi connectivity index (χ2n) is 4.57. The summed E-state index contributed by atoms with van der Waals surface area (Å²) in [6, 6.07) is 3.48. The van der Waals surface area contributed by atoms with Gasteiger partial charge in [0.15, 0.2) is 0 Å². The number of sulfonamides is 1. The van der Waals surface area contributed by atoms with E-state index in [-0.39, 0.29) is 18.9 Å². The zero-order valence-electron chi connectivity index (χ0n) is 12.5. The fourth-order valence-corrected chi connectivity index (χ4v) is 3.02. The van der Waals surface area contributed by atoms with Gasteiger partial charge in [0.05, 0.1) is 30.3 Å². The molecule has 0 spiro atoms. The van der Waals surface area contributed by atoms with Crippen LogP contribution in [0.5, 0.6) is 0 Å². The van der Waals surface area contributed by atoms with Crippen molar-refractivity contribution in [3.63, 3.8) is 0 Å². The van der Waals surface area contributed by atoms with Crippen molar-refractivity contribution in [3.05, 3.63) is 22.2 Å². The third-order valence-corrected chi connectivity index (χ3v) is 4.53. The highest BCUT2D eigenvalue weighted by Gasteiger charge is 2.13. The van der Waals surface area contributed by atoms with Crippen LogP contribution in [-0.4, -0.2) is 39.8 Å². The van der Waals surface area contributed by atoms with Crippen LogP contribution in [-0.2, 0) is 19.6 Å². The molecule has 124 valence electrons. The number of anilines is 2. The molecule has 0 aliphatic heterocycles. The van der Waals surface area contributed by atoms with Gasteiger partial charge in [-0.05, 0) is 31.5 Å². The second kappa shape index (κ2) is 8.47. The Balaban J connectivity index is 2.57. The Kier molecular flexibility index (Phi) is 7.27. The zero-order chi connectivity index (χ0) is 16.8. The van der Waals surface area contributed by atoms with Gasteiger partial charge in [0.2, 0.25) is 15.9 Å². The van der Waals surface area contributed by atoms with Crippen LogP contribution in [0.25, 0.3) is 0 Å². The number of rotatable bonds is 8. The number of hydrogen-bond donors (Lipinski definition) is 3. The van der Waals surface area contributed by atoms with Gasteiger partial charge in [-0.25, -0.2) is 13.1 Å². The maximum Gasteiger partial charge on any atom is 0.239 e. The molecule has 0 unspecified atom stereocenters. The van der Waals surface area contributed by atoms with Crippen LogP contribution in [0.15, 0.2) is 16.6 Å². The molecule has 0 aliphatic rings. The minimum atomic E-state index is -3.54. The van der Waals surface area contributed by atoms with Gasteiger partial charge in [-0.1, -0.05) is 15.9 Å². The Morgan fingerprint density at radius 1 is 1.41 bits per heavy atom. The van der Waals surface area contributed by atoms with Crippen molar-refractivity contribution >= 4 is 43.2 Å². The molecule has 0 aliphatic carbocycles. The Labute approximate surface area is 138 Å². The molecule has 0 bridgehead atoms. The molecule has 0 fully saturated rings. The fourth-order valence-electron chi connectivity index (χ4n) is 1.61. The summed E-state index contributed by atoms with van der Waals surface area (Å²) < 4.78 is 31.2. The highest BCUT2D eigenvalue weighted by Crippen LogP contribution is 2.27. The third kappa shape index (κ3) is 6.30. The highest BCUT2D eigenvalue weighted by atomic mass is 79.9. The van der Waals surface area contributed by atoms with E-state index in [1.54, 1.807) is 13.0 Å². The van der Waals surface area contributed by atoms with Crippen LogP contribution >= 0.6 is 15.9 Å². The van der Waals surface area contributed by atoms with Crippen LogP contribution in [0, 0.1) is 6.92 Å². The fraction of sp³-hybridized carbons (Fsp3) is 0.462. The largest absolute Gasteiger partial charge is 0.397 e. The lowest BCUT2D eigenvalue weighted by molar-refractivity contribution is -0.115. The summed E-state index contributed by atoms with van der Waals surface area (Å²) >= 11 is 3.31. The summed E-state index contributed by atoms with van der Waals surface area (Å²) in [6.07, 6.45) is 0. The maximum absolute atomic E-state index is 11.8. The molecule has 1 aromatic rings. The topological polar surface area (TPSA) is 111 Å². The first-order valence-electron chi connectivity index (χ1n) is 6.65. The van der Waals surface area contributed by atoms with Crippen LogP contribution in [0.1, 0.15) is 12.5 Å². The van der Waals surface area contributed by atoms with E-state index in [0.717, 1.165) is 10.0 Å². The van der Waals surface area contributed by atoms with Crippen molar-refractivity contribution in [2.45, 2.75) is 13.8 Å². The second-order valence-corrected chi connectivity index (χ2v) is 7.41. The van der Waals surface area contributed by atoms with Crippen molar-refractivity contribution < 1.29 is 17.9 Å². The summed E-state index contributed by atoms with van der Waals surface area (Å²) in [7, 11) is -3.54. The maximum atomic E-state index is 11.8. The van der Waals surface area contributed by atoms with Gasteiger partial charge in [-0.15, -0.1) is 0 Å². The molecule has 0 saturated heterocycles. The van der Waals surface area contributed by atoms with Gasteiger partial charge in [-0.3, -0.25) is 4.79 Å². The van der Waals surface area contributed by atoms with Crippen molar-refractivity contribution in [1.82, 2.24) is 4.72 Å². The van der Waals surface area contributed by atoms with Gasteiger partial charge >= 0.3 is 0 Å². The van der Waals surface area contributed by atoms with Crippen molar-refractivity contribution in [2.24, 2.45) is 0 Å². The number of carbonyl (C=O) groups is 1. The Hall–Kier alpha value is -1.16. The van der Waals surface area contributed by atoms with Gasteiger partial charge < -0.3 is 15.8 Å². The SMILES string of the molecule is CCOCCS(=O)(=O)NCC(=O)Nc1cc(Br)cc(C)c1N. The lowest BCUT2D eigenvalue weighted by Gasteiger charge is -2.12. The summed E-state index contributed by atoms with van der Waals surface area (Å²) in [5.74, 6) is -0.684. The Bertz CT molecular complexity index is 634. The van der Waals surface area contributed by atoms with E-state index >= 15 is 0 Å². The Morgan fingerprint density at radius 3 is 2.73 bits per heavy atom. The number of nitrogen functional groups attached to an aromatic ring is 1. The molecular formula is C13H20BrN3O4S. The van der Waals surface area contributed by atoms with E-state index in [1.165, 1.54) is 0 Å². The number of carbonyl (C=O) groups excluding carboxylic acids is 1. The standard InChI is InChI=1S/C13H20BrN3O4S/c1-3-21-4-5-22(19,20)16-8-12(18)17-11-7-10(14)6-9(2)13(11)15/h6-7,16H,3-5,8,15H2,1-2H3,(H,17,18). The van der Waals surface area contributed by atoms with Crippen molar-refractivity contribution in [3.8, 4) is 0 Å². The molecule has 0 radical (unpaired) electrons. The van der Waals surface area contributed by atoms with Crippen LogP contribution in [0.3, 0.4) is 0 Å². The molecule has 1 aromatic carbocycles. The molecule has 1 rings (SSSR count). The van der Waals surface area contributed by atoms with Gasteiger partial charge in [-0.2, -0.15) is 0 Å². The molecule has 0 saturated carbocycles. The molecule has 4 N–H and O–H groups in total. The summed E-state index contributed by atoms with van der Waals surface area (Å²) in [5, 5.41) is 2.58. The van der Waals surface area contributed by atoms with E-state index < -0.39 is 15.9 Å². The number of hydrogen-bond acceptors (Lipinski definition) is 5. The van der Waals surface area contributed by atoms with E-state index in [1.807, 2.05) is 13.0 Å². The number of halogens is 1. The quantitative estimate of drug-likeness (QED) is 0.454. The first kappa shape index (κ1) is 18.9. The van der Waals surface area contributed by atoms with Crippen molar-refractivity contribution in [2.75, 3.05) is 36.6 Å². The average molecular weight is 394 g/mol. The Morgan fingerprint density at radius 2 is 2.09 bits per heavy atom. The van der Waals surface area contributed by atoms with Crippen molar-refractivity contribution in [1.29, 1.82) is 0 Å². The molecule has 7 nitrogen and oxygen atoms in total. The number of benzene rings is 1. The number of aryl methyl sites for hydroxylation is 1. The number of nitrogens with one attached hydrogen (secondary N) is 2. The normalized spacial score (nSPS) is 11.4. The summed E-state index contributed by atoms with van der Waals surface area (Å²) in [4.78, 5) is 11.8. The summed E-state index contributed by atoms with van der Waals surface area (Å²) in [6.45, 7) is 3.76. The van der Waals surface area contributed by atoms with Gasteiger partial charge in [0, 0.05) is 11.1 Å². The number of ether oxygens (including phenoxy) is 1. The average Bonchev–Trinajstić information content (AvgIpc) is 2.42. The van der Waals surface area contributed by atoms with E-state index in [0.29, 0.717) is 18.0 Å². The van der Waals surface area contributed by atoms with Crippen LogP contribution in [0.4, 0.5) is 11.4 Å². The first-order valence-corrected chi connectivity index (χ1v) is 9.10. The molecule has 1 amide bonds. The molecule has 9 heteroatoms. The highest BCUT2D eigenvalue weighted by molar-refractivity contribution is 9.10. The predicted octanol–water partition coefficient (Wildman–Crippen LogP) is 1.23. The smallest absolute Gasteiger partial charge is 0.239 e. The minimum Gasteiger partial charge on any atom is -0.397 e. The number of amides is 1. The van der Waals surface area contributed by atoms with Gasteiger partial charge in [0.1, 0.15) is 0 Å². The minimum absolute atomic E-state index is 0.0885. The van der Waals surface area contributed by atoms with E-state index in [4.69, 9.17) is 10.5 Å². The van der Waals surface area contributed by atoms with Crippen LogP contribution in [0.2, 0.25) is 0 Å². The lowest BCUT2D eigenvalue weighted by atomic mass is 10.2. The first-order chi connectivity index (χ1) is 10.2. The van der Waals surface area contributed by atoms with Crippen LogP contribution < -0.4 is 15.8 Å². The summed E-state index contributed by atoms with van der Waals surface area (Å²) in [5.41, 5.74) is 7.56. The zero-order valence-corrected chi connectivity index (χ0v) is 14.9.